The number of rotatable bonds is 1. The number of carboxylic acids is 1. The van der Waals surface area contributed by atoms with Crippen LogP contribution in [0.25, 0.3) is 10.9 Å². The van der Waals surface area contributed by atoms with Crippen LogP contribution in [0.2, 0.25) is 0 Å². The quantitative estimate of drug-likeness (QED) is 0.820. The molecule has 0 spiro atoms. The van der Waals surface area contributed by atoms with Gasteiger partial charge in [-0.05, 0) is 31.5 Å². The summed E-state index contributed by atoms with van der Waals surface area (Å²) in [5, 5.41) is 10.2. The molecule has 2 aromatic rings. The third kappa shape index (κ3) is 1.33. The van der Waals surface area contributed by atoms with Crippen molar-refractivity contribution in [2.75, 3.05) is 0 Å². The summed E-state index contributed by atoms with van der Waals surface area (Å²) in [4.78, 5) is 11.2. The second-order valence-corrected chi connectivity index (χ2v) is 4.52. The van der Waals surface area contributed by atoms with Crippen LogP contribution >= 0.6 is 0 Å². The minimum absolute atomic E-state index is 0.00101. The molecule has 0 amide bonds. The number of hydrogen-bond donors (Lipinski definition) is 1. The van der Waals surface area contributed by atoms with Gasteiger partial charge in [0.15, 0.2) is 0 Å². The van der Waals surface area contributed by atoms with Crippen molar-refractivity contribution < 1.29 is 14.6 Å². The molecule has 0 radical (unpaired) electrons. The van der Waals surface area contributed by atoms with Crippen LogP contribution < -0.4 is 4.74 Å². The van der Waals surface area contributed by atoms with Gasteiger partial charge in [-0.25, -0.2) is 4.79 Å². The van der Waals surface area contributed by atoms with E-state index in [1.54, 1.807) is 6.07 Å². The monoisotopic (exact) mass is 231 g/mol. The molecule has 1 aromatic carbocycles. The number of aromatic carboxylic acids is 1. The molecule has 17 heavy (non-hydrogen) atoms. The molecule has 3 rings (SSSR count). The van der Waals surface area contributed by atoms with Crippen molar-refractivity contribution in [1.82, 2.24) is 4.57 Å². The van der Waals surface area contributed by atoms with Crippen molar-refractivity contribution in [3.63, 3.8) is 0 Å². The van der Waals surface area contributed by atoms with E-state index in [0.717, 1.165) is 22.2 Å². The third-order valence-corrected chi connectivity index (χ3v) is 3.23. The van der Waals surface area contributed by atoms with E-state index >= 15 is 0 Å². The highest BCUT2D eigenvalue weighted by molar-refractivity contribution is 5.98. The van der Waals surface area contributed by atoms with E-state index < -0.39 is 5.97 Å². The van der Waals surface area contributed by atoms with Crippen molar-refractivity contribution in [3.05, 3.63) is 29.5 Å². The first-order chi connectivity index (χ1) is 8.08. The lowest BCUT2D eigenvalue weighted by Gasteiger charge is -2.24. The largest absolute Gasteiger partial charge is 0.487 e. The highest BCUT2D eigenvalue weighted by Gasteiger charge is 2.24. The molecule has 4 heteroatoms. The van der Waals surface area contributed by atoms with Gasteiger partial charge in [0, 0.05) is 5.39 Å². The highest BCUT2D eigenvalue weighted by atomic mass is 16.5. The van der Waals surface area contributed by atoms with Gasteiger partial charge in [0.1, 0.15) is 17.5 Å². The molecular weight excluding hydrogens is 218 g/mol. The average molecular weight is 231 g/mol. The first kappa shape index (κ1) is 10.2. The molecular formula is C13H13NO3. The van der Waals surface area contributed by atoms with Crippen molar-refractivity contribution in [2.24, 2.45) is 0 Å². The van der Waals surface area contributed by atoms with E-state index in [1.165, 1.54) is 0 Å². The van der Waals surface area contributed by atoms with E-state index in [9.17, 15) is 9.90 Å². The first-order valence-corrected chi connectivity index (χ1v) is 5.60. The fraction of sp³-hybridized carbons (Fsp3) is 0.308. The molecule has 1 N–H and O–H groups in total. The number of ether oxygens (including phenoxy) is 1. The van der Waals surface area contributed by atoms with Gasteiger partial charge in [-0.15, -0.1) is 0 Å². The maximum atomic E-state index is 11.2. The van der Waals surface area contributed by atoms with Gasteiger partial charge >= 0.3 is 5.97 Å². The molecule has 0 fully saturated rings. The summed E-state index contributed by atoms with van der Waals surface area (Å²) >= 11 is 0. The molecule has 1 atom stereocenters. The Morgan fingerprint density at radius 3 is 3.00 bits per heavy atom. The van der Waals surface area contributed by atoms with Crippen LogP contribution in [-0.4, -0.2) is 21.7 Å². The maximum Gasteiger partial charge on any atom is 0.352 e. The molecule has 4 nitrogen and oxygen atoms in total. The van der Waals surface area contributed by atoms with Gasteiger partial charge in [0.05, 0.1) is 12.1 Å². The zero-order valence-corrected chi connectivity index (χ0v) is 9.73. The Hall–Kier alpha value is -1.97. The van der Waals surface area contributed by atoms with Crippen LogP contribution in [0.3, 0.4) is 0 Å². The van der Waals surface area contributed by atoms with Crippen LogP contribution in [0, 0.1) is 6.92 Å². The number of benzene rings is 1. The molecule has 0 bridgehead atoms. The topological polar surface area (TPSA) is 51.5 Å². The van der Waals surface area contributed by atoms with Gasteiger partial charge in [-0.3, -0.25) is 0 Å². The molecule has 2 heterocycles. The number of carbonyl (C=O) groups is 1. The lowest BCUT2D eigenvalue weighted by atomic mass is 10.1. The molecule has 1 unspecified atom stereocenters. The van der Waals surface area contributed by atoms with Gasteiger partial charge in [0.25, 0.3) is 0 Å². The summed E-state index contributed by atoms with van der Waals surface area (Å²) in [6, 6.07) is 5.61. The van der Waals surface area contributed by atoms with Crippen LogP contribution in [0.5, 0.6) is 5.75 Å². The number of aryl methyl sites for hydroxylation is 1. The molecule has 88 valence electrons. The normalized spacial score (nSPS) is 18.1. The summed E-state index contributed by atoms with van der Waals surface area (Å²) in [6.07, 6.45) is -0.00101. The molecule has 1 aliphatic rings. The first-order valence-electron chi connectivity index (χ1n) is 5.60. The Morgan fingerprint density at radius 1 is 1.53 bits per heavy atom. The Morgan fingerprint density at radius 2 is 2.29 bits per heavy atom. The standard InChI is InChI=1S/C13H13NO3/c1-7-3-4-11-12-9(7)5-10(13(15)16)14(12)6-8(2)17-11/h3-5,8H,6H2,1-2H3,(H,15,16). The lowest BCUT2D eigenvalue weighted by Crippen LogP contribution is -2.26. The van der Waals surface area contributed by atoms with Gasteiger partial charge < -0.3 is 14.4 Å². The lowest BCUT2D eigenvalue weighted by molar-refractivity contribution is 0.0681. The number of carboxylic acid groups (broad SMARTS) is 1. The van der Waals surface area contributed by atoms with E-state index in [2.05, 4.69) is 0 Å². The number of aromatic nitrogens is 1. The zero-order valence-electron chi connectivity index (χ0n) is 9.73. The van der Waals surface area contributed by atoms with Crippen LogP contribution in [0.1, 0.15) is 23.0 Å². The Bertz CT molecular complexity index is 627. The van der Waals surface area contributed by atoms with E-state index in [0.29, 0.717) is 12.2 Å². The van der Waals surface area contributed by atoms with Gasteiger partial charge in [-0.1, -0.05) is 6.07 Å². The fourth-order valence-corrected chi connectivity index (χ4v) is 2.46. The van der Waals surface area contributed by atoms with E-state index in [4.69, 9.17) is 4.74 Å². The summed E-state index contributed by atoms with van der Waals surface area (Å²) < 4.78 is 7.58. The molecule has 1 aliphatic heterocycles. The Kier molecular flexibility index (Phi) is 1.96. The summed E-state index contributed by atoms with van der Waals surface area (Å²) in [7, 11) is 0. The van der Waals surface area contributed by atoms with Crippen molar-refractivity contribution in [3.8, 4) is 5.75 Å². The zero-order chi connectivity index (χ0) is 12.2. The SMILES string of the molecule is Cc1ccc2c3c1cc(C(=O)O)n3CC(C)O2. The van der Waals surface area contributed by atoms with Crippen LogP contribution in [0.4, 0.5) is 0 Å². The van der Waals surface area contributed by atoms with E-state index in [1.807, 2.05) is 30.5 Å². The molecule has 0 saturated carbocycles. The molecule has 0 aliphatic carbocycles. The summed E-state index contributed by atoms with van der Waals surface area (Å²) in [5.74, 6) is -0.113. The van der Waals surface area contributed by atoms with Crippen LogP contribution in [-0.2, 0) is 6.54 Å². The van der Waals surface area contributed by atoms with Crippen molar-refractivity contribution >= 4 is 16.9 Å². The predicted molar refractivity (Wildman–Crippen MR) is 63.7 cm³/mol. The molecule has 1 aromatic heterocycles. The Balaban J connectivity index is 2.42. The Labute approximate surface area is 98.4 Å². The van der Waals surface area contributed by atoms with Crippen molar-refractivity contribution in [1.29, 1.82) is 0 Å². The number of hydrogen-bond acceptors (Lipinski definition) is 2. The van der Waals surface area contributed by atoms with E-state index in [-0.39, 0.29) is 6.10 Å². The fourth-order valence-electron chi connectivity index (χ4n) is 2.46. The highest BCUT2D eigenvalue weighted by Crippen LogP contribution is 2.35. The summed E-state index contributed by atoms with van der Waals surface area (Å²) in [5.41, 5.74) is 2.31. The maximum absolute atomic E-state index is 11.2. The third-order valence-electron chi connectivity index (χ3n) is 3.23. The average Bonchev–Trinajstić information content (AvgIpc) is 2.64. The molecule has 0 saturated heterocycles. The predicted octanol–water partition coefficient (Wildman–Crippen LogP) is 2.43. The second-order valence-electron chi connectivity index (χ2n) is 4.52. The van der Waals surface area contributed by atoms with Crippen molar-refractivity contribution in [2.45, 2.75) is 26.5 Å². The second kappa shape index (κ2) is 3.26. The minimum Gasteiger partial charge on any atom is -0.487 e. The minimum atomic E-state index is -0.888. The number of nitrogens with zero attached hydrogens (tertiary/aromatic N) is 1. The summed E-state index contributed by atoms with van der Waals surface area (Å²) in [6.45, 7) is 4.51. The van der Waals surface area contributed by atoms with Gasteiger partial charge in [-0.2, -0.15) is 0 Å². The van der Waals surface area contributed by atoms with Crippen LogP contribution in [0.15, 0.2) is 18.2 Å². The van der Waals surface area contributed by atoms with Gasteiger partial charge in [0.2, 0.25) is 0 Å². The smallest absolute Gasteiger partial charge is 0.352 e.